The molecule has 1 aliphatic carbocycles. The third-order valence-electron chi connectivity index (χ3n) is 5.58. The quantitative estimate of drug-likeness (QED) is 0.815. The number of amides is 2. The Balaban J connectivity index is 1.31. The van der Waals surface area contributed by atoms with Gasteiger partial charge in [0.05, 0.1) is 11.5 Å². The SMILES string of the molecule is O=C(NC1CCS(=O)(=O)C1)c1ccc(N2CCN(C(=O)C3CC3)CC2)cc1. The number of piperazine rings is 1. The first-order valence-corrected chi connectivity index (χ1v) is 11.4. The average molecular weight is 391 g/mol. The summed E-state index contributed by atoms with van der Waals surface area (Å²) in [5.41, 5.74) is 1.57. The van der Waals surface area contributed by atoms with Gasteiger partial charge in [-0.25, -0.2) is 8.42 Å². The molecule has 2 heterocycles. The Morgan fingerprint density at radius 1 is 0.963 bits per heavy atom. The lowest BCUT2D eigenvalue weighted by Gasteiger charge is -2.36. The van der Waals surface area contributed by atoms with Crippen molar-refractivity contribution in [1.29, 1.82) is 0 Å². The number of benzene rings is 1. The molecule has 2 saturated heterocycles. The predicted molar refractivity (Wildman–Crippen MR) is 102 cm³/mol. The standard InChI is InChI=1S/C19H25N3O4S/c23-18(20-16-7-12-27(25,26)13-16)14-3-5-17(6-4-14)21-8-10-22(11-9-21)19(24)15-1-2-15/h3-6,15-16H,1-2,7-13H2,(H,20,23). The zero-order valence-electron chi connectivity index (χ0n) is 15.3. The Morgan fingerprint density at radius 2 is 1.63 bits per heavy atom. The number of carbonyl (C=O) groups excluding carboxylic acids is 2. The van der Waals surface area contributed by atoms with Crippen molar-refractivity contribution in [3.8, 4) is 0 Å². The molecule has 1 aromatic carbocycles. The van der Waals surface area contributed by atoms with Crippen LogP contribution in [0.3, 0.4) is 0 Å². The molecule has 146 valence electrons. The molecule has 0 aromatic heterocycles. The molecule has 1 saturated carbocycles. The van der Waals surface area contributed by atoms with Crippen molar-refractivity contribution < 1.29 is 18.0 Å². The molecule has 0 bridgehead atoms. The first-order chi connectivity index (χ1) is 12.9. The number of hydrogen-bond donors (Lipinski definition) is 1. The highest BCUT2D eigenvalue weighted by molar-refractivity contribution is 7.91. The van der Waals surface area contributed by atoms with E-state index in [1.807, 2.05) is 17.0 Å². The molecule has 1 atom stereocenters. The molecule has 7 nitrogen and oxygen atoms in total. The van der Waals surface area contributed by atoms with Gasteiger partial charge >= 0.3 is 0 Å². The fourth-order valence-corrected chi connectivity index (χ4v) is 5.45. The molecule has 3 fully saturated rings. The number of nitrogens with one attached hydrogen (secondary N) is 1. The molecule has 2 amide bonds. The molecular weight excluding hydrogens is 366 g/mol. The van der Waals surface area contributed by atoms with Gasteiger partial charge in [-0.15, -0.1) is 0 Å². The van der Waals surface area contributed by atoms with Crippen LogP contribution < -0.4 is 10.2 Å². The number of rotatable bonds is 4. The molecule has 3 aliphatic rings. The largest absolute Gasteiger partial charge is 0.368 e. The lowest BCUT2D eigenvalue weighted by Crippen LogP contribution is -2.49. The second-order valence-corrected chi connectivity index (χ2v) is 9.94. The highest BCUT2D eigenvalue weighted by Gasteiger charge is 2.34. The maximum absolute atomic E-state index is 12.3. The summed E-state index contributed by atoms with van der Waals surface area (Å²) in [6.45, 7) is 3.08. The lowest BCUT2D eigenvalue weighted by atomic mass is 10.1. The number of carbonyl (C=O) groups is 2. The van der Waals surface area contributed by atoms with Gasteiger partial charge in [-0.05, 0) is 43.5 Å². The lowest BCUT2D eigenvalue weighted by molar-refractivity contribution is -0.132. The maximum Gasteiger partial charge on any atom is 0.251 e. The van der Waals surface area contributed by atoms with Crippen LogP contribution in [0.25, 0.3) is 0 Å². The van der Waals surface area contributed by atoms with Gasteiger partial charge in [-0.2, -0.15) is 0 Å². The summed E-state index contributed by atoms with van der Waals surface area (Å²) in [4.78, 5) is 28.6. The summed E-state index contributed by atoms with van der Waals surface area (Å²) in [6.07, 6.45) is 2.56. The minimum Gasteiger partial charge on any atom is -0.368 e. The van der Waals surface area contributed by atoms with Crippen molar-refractivity contribution in [3.05, 3.63) is 29.8 Å². The predicted octanol–water partition coefficient (Wildman–Crippen LogP) is 0.662. The third kappa shape index (κ3) is 4.26. The summed E-state index contributed by atoms with van der Waals surface area (Å²) >= 11 is 0. The van der Waals surface area contributed by atoms with Gasteiger partial charge in [0.25, 0.3) is 5.91 Å². The van der Waals surface area contributed by atoms with Crippen LogP contribution in [0, 0.1) is 5.92 Å². The first kappa shape index (κ1) is 18.3. The second kappa shape index (κ2) is 7.14. The van der Waals surface area contributed by atoms with Crippen molar-refractivity contribution in [2.75, 3.05) is 42.6 Å². The van der Waals surface area contributed by atoms with E-state index < -0.39 is 9.84 Å². The average Bonchev–Trinajstić information content (AvgIpc) is 3.46. The van der Waals surface area contributed by atoms with Gasteiger partial charge in [0.1, 0.15) is 0 Å². The van der Waals surface area contributed by atoms with Crippen LogP contribution in [0.1, 0.15) is 29.6 Å². The maximum atomic E-state index is 12.3. The highest BCUT2D eigenvalue weighted by Crippen LogP contribution is 2.31. The van der Waals surface area contributed by atoms with Gasteiger partial charge < -0.3 is 15.1 Å². The minimum atomic E-state index is -3.01. The Hall–Kier alpha value is -2.09. The normalized spacial score (nSPS) is 24.7. The van der Waals surface area contributed by atoms with E-state index in [-0.39, 0.29) is 29.4 Å². The van der Waals surface area contributed by atoms with E-state index in [0.717, 1.165) is 44.7 Å². The van der Waals surface area contributed by atoms with Crippen LogP contribution in [0.15, 0.2) is 24.3 Å². The van der Waals surface area contributed by atoms with Crippen LogP contribution in [-0.2, 0) is 14.6 Å². The van der Waals surface area contributed by atoms with Crippen molar-refractivity contribution >= 4 is 27.3 Å². The molecule has 8 heteroatoms. The van der Waals surface area contributed by atoms with E-state index in [2.05, 4.69) is 10.2 Å². The van der Waals surface area contributed by atoms with E-state index in [1.165, 1.54) is 0 Å². The van der Waals surface area contributed by atoms with E-state index in [1.54, 1.807) is 12.1 Å². The number of hydrogen-bond acceptors (Lipinski definition) is 5. The zero-order valence-corrected chi connectivity index (χ0v) is 16.1. The van der Waals surface area contributed by atoms with Crippen LogP contribution in [0.2, 0.25) is 0 Å². The molecule has 1 N–H and O–H groups in total. The summed E-state index contributed by atoms with van der Waals surface area (Å²) in [7, 11) is -3.01. The molecular formula is C19H25N3O4S. The van der Waals surface area contributed by atoms with Crippen molar-refractivity contribution in [2.45, 2.75) is 25.3 Å². The Bertz CT molecular complexity index is 825. The second-order valence-electron chi connectivity index (χ2n) is 7.71. The first-order valence-electron chi connectivity index (χ1n) is 9.56. The number of nitrogens with zero attached hydrogens (tertiary/aromatic N) is 2. The van der Waals surface area contributed by atoms with Crippen molar-refractivity contribution in [2.24, 2.45) is 5.92 Å². The van der Waals surface area contributed by atoms with Crippen LogP contribution >= 0.6 is 0 Å². The van der Waals surface area contributed by atoms with E-state index >= 15 is 0 Å². The third-order valence-corrected chi connectivity index (χ3v) is 7.35. The fourth-order valence-electron chi connectivity index (χ4n) is 3.77. The smallest absolute Gasteiger partial charge is 0.251 e. The van der Waals surface area contributed by atoms with E-state index in [4.69, 9.17) is 0 Å². The fraction of sp³-hybridized carbons (Fsp3) is 0.579. The molecule has 2 aliphatic heterocycles. The van der Waals surface area contributed by atoms with Crippen LogP contribution in [0.4, 0.5) is 5.69 Å². The van der Waals surface area contributed by atoms with Gasteiger partial charge in [-0.1, -0.05) is 0 Å². The molecule has 0 spiro atoms. The topological polar surface area (TPSA) is 86.8 Å². The van der Waals surface area contributed by atoms with E-state index in [0.29, 0.717) is 17.9 Å². The molecule has 1 unspecified atom stereocenters. The van der Waals surface area contributed by atoms with Gasteiger partial charge in [0.15, 0.2) is 9.84 Å². The molecule has 0 radical (unpaired) electrons. The molecule has 1 aromatic rings. The molecule has 27 heavy (non-hydrogen) atoms. The Kier molecular flexibility index (Phi) is 4.84. The Labute approximate surface area is 159 Å². The zero-order chi connectivity index (χ0) is 19.0. The summed E-state index contributed by atoms with van der Waals surface area (Å²) < 4.78 is 23.0. The van der Waals surface area contributed by atoms with Gasteiger partial charge in [-0.3, -0.25) is 9.59 Å². The van der Waals surface area contributed by atoms with Crippen molar-refractivity contribution in [3.63, 3.8) is 0 Å². The highest BCUT2D eigenvalue weighted by atomic mass is 32.2. The summed E-state index contributed by atoms with van der Waals surface area (Å²) in [5.74, 6) is 0.510. The number of anilines is 1. The van der Waals surface area contributed by atoms with Crippen molar-refractivity contribution in [1.82, 2.24) is 10.2 Å². The van der Waals surface area contributed by atoms with E-state index in [9.17, 15) is 18.0 Å². The summed E-state index contributed by atoms with van der Waals surface area (Å²) in [6, 6.07) is 7.09. The Morgan fingerprint density at radius 3 is 2.19 bits per heavy atom. The number of sulfone groups is 1. The van der Waals surface area contributed by atoms with Gasteiger partial charge in [0, 0.05) is 49.4 Å². The van der Waals surface area contributed by atoms with Gasteiger partial charge in [0.2, 0.25) is 5.91 Å². The molecule has 4 rings (SSSR count). The monoisotopic (exact) mass is 391 g/mol. The summed E-state index contributed by atoms with van der Waals surface area (Å²) in [5, 5.41) is 2.81. The minimum absolute atomic E-state index is 0.0285. The van der Waals surface area contributed by atoms with Crippen LogP contribution in [0.5, 0.6) is 0 Å². The van der Waals surface area contributed by atoms with Crippen LogP contribution in [-0.4, -0.2) is 68.9 Å².